The van der Waals surface area contributed by atoms with Crippen molar-refractivity contribution in [3.63, 3.8) is 0 Å². The lowest BCUT2D eigenvalue weighted by molar-refractivity contribution is -0.138. The molecule has 0 heterocycles. The van der Waals surface area contributed by atoms with Crippen LogP contribution in [0.15, 0.2) is 12.2 Å². The van der Waals surface area contributed by atoms with E-state index in [2.05, 4.69) is 6.58 Å². The number of carbonyl (C=O) groups is 1. The van der Waals surface area contributed by atoms with Gasteiger partial charge in [0.15, 0.2) is 0 Å². The van der Waals surface area contributed by atoms with Crippen LogP contribution in [0.1, 0.15) is 27.2 Å². The van der Waals surface area contributed by atoms with Gasteiger partial charge in [0.05, 0.1) is 16.1 Å². The summed E-state index contributed by atoms with van der Waals surface area (Å²) in [4.78, 5) is 11.1. The van der Waals surface area contributed by atoms with E-state index >= 15 is 0 Å². The molecule has 0 aromatic rings. The van der Waals surface area contributed by atoms with Crippen LogP contribution in [0.3, 0.4) is 0 Å². The molecule has 0 aromatic carbocycles. The minimum atomic E-state index is -0.419. The van der Waals surface area contributed by atoms with Gasteiger partial charge in [0.1, 0.15) is 5.91 Å². The van der Waals surface area contributed by atoms with E-state index in [0.717, 1.165) is 12.5 Å². The Bertz CT molecular complexity index is 225. The number of rotatable bonds is 10. The Morgan fingerprint density at radius 2 is 1.88 bits per heavy atom. The largest absolute Gasteiger partial charge is 0.462 e. The van der Waals surface area contributed by atoms with Crippen molar-refractivity contribution in [3.05, 3.63) is 12.2 Å². The minimum Gasteiger partial charge on any atom is -0.462 e. The highest BCUT2D eigenvalue weighted by molar-refractivity contribution is 6.36. The van der Waals surface area contributed by atoms with Crippen molar-refractivity contribution in [1.82, 2.24) is 0 Å². The fourth-order valence-electron chi connectivity index (χ4n) is 1.29. The highest BCUT2D eigenvalue weighted by atomic mass is 28.2. The van der Waals surface area contributed by atoms with Crippen LogP contribution in [-0.4, -0.2) is 41.2 Å². The van der Waals surface area contributed by atoms with Crippen LogP contribution < -0.4 is 0 Å². The molecular weight excluding hydrogens is 236 g/mol. The van der Waals surface area contributed by atoms with E-state index in [4.69, 9.17) is 14.2 Å². The molecule has 17 heavy (non-hydrogen) atoms. The topological polar surface area (TPSA) is 44.8 Å². The van der Waals surface area contributed by atoms with Crippen molar-refractivity contribution in [2.24, 2.45) is 0 Å². The summed E-state index contributed by atoms with van der Waals surface area (Å²) in [6.45, 7) is 10.9. The zero-order valence-corrected chi connectivity index (χ0v) is 12.6. The lowest BCUT2D eigenvalue weighted by Crippen LogP contribution is -2.24. The summed E-state index contributed by atoms with van der Waals surface area (Å²) in [5.74, 6) is -0.306. The van der Waals surface area contributed by atoms with E-state index in [0.29, 0.717) is 25.4 Å². The first-order valence-corrected chi connectivity index (χ1v) is 7.99. The molecule has 4 nitrogen and oxygen atoms in total. The van der Waals surface area contributed by atoms with Crippen molar-refractivity contribution < 1.29 is 19.0 Å². The van der Waals surface area contributed by atoms with E-state index in [1.807, 2.05) is 13.8 Å². The first-order chi connectivity index (χ1) is 8.11. The van der Waals surface area contributed by atoms with Crippen LogP contribution in [0.2, 0.25) is 6.04 Å². The van der Waals surface area contributed by atoms with E-state index in [9.17, 15) is 4.79 Å². The highest BCUT2D eigenvalue weighted by Gasteiger charge is 2.08. The van der Waals surface area contributed by atoms with Crippen LogP contribution in [0.25, 0.3) is 0 Å². The predicted octanol–water partition coefficient (Wildman–Crippen LogP) is 1.44. The molecule has 0 spiro atoms. The van der Waals surface area contributed by atoms with Crippen LogP contribution >= 0.6 is 0 Å². The lowest BCUT2D eigenvalue weighted by atomic mass is 10.4. The van der Waals surface area contributed by atoms with Gasteiger partial charge >= 0.3 is 5.97 Å². The number of ether oxygens (including phenoxy) is 3. The summed E-state index contributed by atoms with van der Waals surface area (Å²) < 4.78 is 15.9. The molecule has 0 aliphatic rings. The van der Waals surface area contributed by atoms with E-state index in [1.54, 1.807) is 6.92 Å². The standard InChI is InChI=1S/C12H24O4Si/c1-5-14-12(15-6-2)17-9-7-8-16-11(13)10(3)4/h12H,3,5-9,17H2,1-2,4H3. The molecule has 0 saturated carbocycles. The lowest BCUT2D eigenvalue weighted by Gasteiger charge is -2.16. The molecule has 0 amide bonds. The second-order valence-corrected chi connectivity index (χ2v) is 5.70. The Hall–Kier alpha value is -0.653. The zero-order valence-electron chi connectivity index (χ0n) is 11.2. The van der Waals surface area contributed by atoms with Gasteiger partial charge in [-0.15, -0.1) is 0 Å². The van der Waals surface area contributed by atoms with E-state index < -0.39 is 9.52 Å². The number of esters is 1. The second-order valence-electron chi connectivity index (χ2n) is 3.75. The van der Waals surface area contributed by atoms with Gasteiger partial charge in [0.2, 0.25) is 0 Å². The zero-order chi connectivity index (χ0) is 13.1. The minimum absolute atomic E-state index is 0.00171. The summed E-state index contributed by atoms with van der Waals surface area (Å²) in [5, 5.41) is 0. The fraction of sp³-hybridized carbons (Fsp3) is 0.750. The molecular formula is C12H24O4Si. The molecule has 0 fully saturated rings. The average Bonchev–Trinajstić information content (AvgIpc) is 2.28. The van der Waals surface area contributed by atoms with E-state index in [1.165, 1.54) is 0 Å². The Morgan fingerprint density at radius 3 is 2.35 bits per heavy atom. The second kappa shape index (κ2) is 10.5. The molecule has 0 atom stereocenters. The normalized spacial score (nSPS) is 11.3. The third-order valence-electron chi connectivity index (χ3n) is 2.12. The molecule has 0 rings (SSSR count). The molecule has 0 N–H and O–H groups in total. The molecule has 0 saturated heterocycles. The summed E-state index contributed by atoms with van der Waals surface area (Å²) in [6.07, 6.45) is 0.877. The Kier molecular flexibility index (Phi) is 10.1. The van der Waals surface area contributed by atoms with Crippen molar-refractivity contribution in [1.29, 1.82) is 0 Å². The molecule has 0 bridgehead atoms. The highest BCUT2D eigenvalue weighted by Crippen LogP contribution is 2.00. The van der Waals surface area contributed by atoms with Crippen LogP contribution in [-0.2, 0) is 19.0 Å². The van der Waals surface area contributed by atoms with Crippen LogP contribution in [0.5, 0.6) is 0 Å². The van der Waals surface area contributed by atoms with Gasteiger partial charge in [-0.05, 0) is 27.2 Å². The Morgan fingerprint density at radius 1 is 1.29 bits per heavy atom. The maximum absolute atomic E-state index is 11.1. The summed E-state index contributed by atoms with van der Waals surface area (Å²) in [6, 6.07) is 1.05. The van der Waals surface area contributed by atoms with Crippen molar-refractivity contribution in [3.8, 4) is 0 Å². The summed E-state index contributed by atoms with van der Waals surface area (Å²) >= 11 is 0. The van der Waals surface area contributed by atoms with Crippen LogP contribution in [0, 0.1) is 0 Å². The third-order valence-corrected chi connectivity index (χ3v) is 3.97. The maximum atomic E-state index is 11.1. The van der Waals surface area contributed by atoms with Gasteiger partial charge in [-0.1, -0.05) is 12.6 Å². The number of hydrogen-bond donors (Lipinski definition) is 0. The predicted molar refractivity (Wildman–Crippen MR) is 70.8 cm³/mol. The quantitative estimate of drug-likeness (QED) is 0.196. The number of carbonyl (C=O) groups excluding carboxylic acids is 1. The van der Waals surface area contributed by atoms with Crippen molar-refractivity contribution >= 4 is 15.5 Å². The van der Waals surface area contributed by atoms with Gasteiger partial charge in [0, 0.05) is 18.8 Å². The average molecular weight is 260 g/mol. The Balaban J connectivity index is 3.54. The smallest absolute Gasteiger partial charge is 0.333 e. The Labute approximate surface area is 106 Å². The van der Waals surface area contributed by atoms with Gasteiger partial charge in [0.25, 0.3) is 0 Å². The SMILES string of the molecule is C=C(C)C(=O)OCCC[SiH2]C(OCC)OCC. The molecule has 5 heteroatoms. The van der Waals surface area contributed by atoms with E-state index in [-0.39, 0.29) is 11.9 Å². The fourth-order valence-corrected chi connectivity index (χ4v) is 2.92. The molecule has 0 radical (unpaired) electrons. The molecule has 0 unspecified atom stereocenters. The van der Waals surface area contributed by atoms with Gasteiger partial charge in [-0.2, -0.15) is 0 Å². The number of hydrogen-bond acceptors (Lipinski definition) is 4. The summed E-state index contributed by atoms with van der Waals surface area (Å²) in [5.41, 5.74) is 0.448. The monoisotopic (exact) mass is 260 g/mol. The first kappa shape index (κ1) is 16.3. The molecule has 0 aromatic heterocycles. The van der Waals surface area contributed by atoms with Crippen LogP contribution in [0.4, 0.5) is 0 Å². The van der Waals surface area contributed by atoms with Gasteiger partial charge < -0.3 is 14.2 Å². The molecule has 100 valence electrons. The molecule has 0 aliphatic heterocycles. The third kappa shape index (κ3) is 9.09. The molecule has 0 aliphatic carbocycles. The van der Waals surface area contributed by atoms with Gasteiger partial charge in [-0.3, -0.25) is 0 Å². The van der Waals surface area contributed by atoms with Crippen molar-refractivity contribution in [2.75, 3.05) is 19.8 Å². The first-order valence-electron chi connectivity index (χ1n) is 6.17. The summed E-state index contributed by atoms with van der Waals surface area (Å²) in [7, 11) is -0.419. The van der Waals surface area contributed by atoms with Gasteiger partial charge in [-0.25, -0.2) is 4.79 Å². The maximum Gasteiger partial charge on any atom is 0.333 e. The van der Waals surface area contributed by atoms with Crippen molar-refractivity contribution in [2.45, 2.75) is 39.1 Å².